The van der Waals surface area contributed by atoms with Crippen LogP contribution < -0.4 is 0 Å². The van der Waals surface area contributed by atoms with Gasteiger partial charge < -0.3 is 0 Å². The Morgan fingerprint density at radius 3 is 2.80 bits per heavy atom. The quantitative estimate of drug-likeness (QED) is 0.731. The molecule has 0 aliphatic carbocycles. The minimum absolute atomic E-state index is 0.0147. The van der Waals surface area contributed by atoms with Crippen molar-refractivity contribution < 1.29 is 9.18 Å². The average Bonchev–Trinajstić information content (AvgIpc) is 2.74. The lowest BCUT2D eigenvalue weighted by Crippen LogP contribution is -2.02. The van der Waals surface area contributed by atoms with Crippen LogP contribution in [0.15, 0.2) is 35.0 Å². The highest BCUT2D eigenvalue weighted by molar-refractivity contribution is 7.08. The molecule has 15 heavy (non-hydrogen) atoms. The summed E-state index contributed by atoms with van der Waals surface area (Å²) in [6.45, 7) is 0. The topological polar surface area (TPSA) is 17.1 Å². The van der Waals surface area contributed by atoms with Crippen LogP contribution in [0.5, 0.6) is 0 Å². The predicted molar refractivity (Wildman–Crippen MR) is 59.2 cm³/mol. The number of benzene rings is 1. The molecule has 2 rings (SSSR count). The summed E-state index contributed by atoms with van der Waals surface area (Å²) in [6, 6.07) is 5.62. The number of carbonyl (C=O) groups excluding carboxylic acids is 1. The van der Waals surface area contributed by atoms with Crippen molar-refractivity contribution in [2.24, 2.45) is 0 Å². The first-order valence-corrected chi connectivity index (χ1v) is 5.52. The normalized spacial score (nSPS) is 10.3. The zero-order valence-corrected chi connectivity index (χ0v) is 9.11. The maximum atomic E-state index is 13.3. The zero-order valence-electron chi connectivity index (χ0n) is 7.54. The molecule has 76 valence electrons. The van der Waals surface area contributed by atoms with Crippen molar-refractivity contribution in [1.82, 2.24) is 0 Å². The third kappa shape index (κ3) is 2.08. The fraction of sp³-hybridized carbons (Fsp3) is 0. The van der Waals surface area contributed by atoms with E-state index < -0.39 is 5.82 Å². The summed E-state index contributed by atoms with van der Waals surface area (Å²) in [4.78, 5) is 11.8. The van der Waals surface area contributed by atoms with Crippen LogP contribution in [0.2, 0.25) is 5.02 Å². The van der Waals surface area contributed by atoms with Gasteiger partial charge in [0.2, 0.25) is 0 Å². The molecule has 0 aliphatic heterocycles. The molecule has 0 unspecified atom stereocenters. The van der Waals surface area contributed by atoms with E-state index in [1.54, 1.807) is 16.8 Å². The lowest BCUT2D eigenvalue weighted by Gasteiger charge is -2.00. The summed E-state index contributed by atoms with van der Waals surface area (Å²) in [5.74, 6) is -0.883. The van der Waals surface area contributed by atoms with Gasteiger partial charge in [0.05, 0.1) is 5.56 Å². The second-order valence-corrected chi connectivity index (χ2v) is 4.18. The lowest BCUT2D eigenvalue weighted by atomic mass is 10.1. The third-order valence-corrected chi connectivity index (χ3v) is 2.87. The maximum Gasteiger partial charge on any atom is 0.196 e. The Hall–Kier alpha value is -1.19. The molecule has 1 aromatic heterocycles. The number of halogens is 2. The highest BCUT2D eigenvalue weighted by atomic mass is 35.5. The van der Waals surface area contributed by atoms with Crippen molar-refractivity contribution in [3.8, 4) is 0 Å². The average molecular weight is 241 g/mol. The second-order valence-electron chi connectivity index (χ2n) is 2.97. The Morgan fingerprint density at radius 1 is 1.33 bits per heavy atom. The van der Waals surface area contributed by atoms with Crippen molar-refractivity contribution in [3.63, 3.8) is 0 Å². The van der Waals surface area contributed by atoms with Gasteiger partial charge >= 0.3 is 0 Å². The Labute approximate surface area is 95.1 Å². The van der Waals surface area contributed by atoms with Gasteiger partial charge in [-0.05, 0) is 29.6 Å². The van der Waals surface area contributed by atoms with E-state index in [1.165, 1.54) is 29.5 Å². The zero-order chi connectivity index (χ0) is 10.8. The number of hydrogen-bond donors (Lipinski definition) is 0. The monoisotopic (exact) mass is 240 g/mol. The van der Waals surface area contributed by atoms with Crippen molar-refractivity contribution in [2.75, 3.05) is 0 Å². The molecule has 1 aromatic carbocycles. The molecule has 1 heterocycles. The lowest BCUT2D eigenvalue weighted by molar-refractivity contribution is 0.103. The van der Waals surface area contributed by atoms with E-state index in [9.17, 15) is 9.18 Å². The van der Waals surface area contributed by atoms with Gasteiger partial charge in [0.1, 0.15) is 5.82 Å². The number of ketones is 1. The van der Waals surface area contributed by atoms with Gasteiger partial charge in [-0.25, -0.2) is 4.39 Å². The fourth-order valence-corrected chi connectivity index (χ4v) is 2.03. The molecule has 0 saturated heterocycles. The van der Waals surface area contributed by atoms with E-state index in [1.807, 2.05) is 0 Å². The molecule has 0 radical (unpaired) electrons. The maximum absolute atomic E-state index is 13.3. The SMILES string of the molecule is O=C(c1ccsc1)c1cc(Cl)ccc1F. The largest absolute Gasteiger partial charge is 0.288 e. The van der Waals surface area contributed by atoms with Crippen molar-refractivity contribution in [3.05, 3.63) is 57.0 Å². The first-order valence-electron chi connectivity index (χ1n) is 4.20. The van der Waals surface area contributed by atoms with Crippen LogP contribution in [0.3, 0.4) is 0 Å². The molecule has 4 heteroatoms. The molecule has 0 bridgehead atoms. The van der Waals surface area contributed by atoms with Crippen LogP contribution in [0.25, 0.3) is 0 Å². The Morgan fingerprint density at radius 2 is 2.13 bits per heavy atom. The van der Waals surface area contributed by atoms with Gasteiger partial charge in [-0.15, -0.1) is 0 Å². The van der Waals surface area contributed by atoms with E-state index >= 15 is 0 Å². The van der Waals surface area contributed by atoms with Gasteiger partial charge in [-0.1, -0.05) is 11.6 Å². The van der Waals surface area contributed by atoms with Crippen LogP contribution >= 0.6 is 22.9 Å². The smallest absolute Gasteiger partial charge is 0.196 e. The predicted octanol–water partition coefficient (Wildman–Crippen LogP) is 3.77. The molecule has 0 saturated carbocycles. The second kappa shape index (κ2) is 4.13. The van der Waals surface area contributed by atoms with Crippen LogP contribution in [0.1, 0.15) is 15.9 Å². The minimum Gasteiger partial charge on any atom is -0.288 e. The molecular weight excluding hydrogens is 235 g/mol. The number of carbonyl (C=O) groups is 1. The molecule has 0 N–H and O–H groups in total. The van der Waals surface area contributed by atoms with E-state index in [0.717, 1.165) is 0 Å². The van der Waals surface area contributed by atoms with Crippen LogP contribution in [0, 0.1) is 5.82 Å². The third-order valence-electron chi connectivity index (χ3n) is 1.96. The molecule has 0 amide bonds. The molecule has 2 aromatic rings. The summed E-state index contributed by atoms with van der Waals surface area (Å²) >= 11 is 7.10. The number of hydrogen-bond acceptors (Lipinski definition) is 2. The summed E-state index contributed by atoms with van der Waals surface area (Å²) in [5, 5.41) is 3.81. The molecule has 0 fully saturated rings. The standard InChI is InChI=1S/C11H6ClFOS/c12-8-1-2-10(13)9(5-8)11(14)7-3-4-15-6-7/h1-6H. The van der Waals surface area contributed by atoms with Crippen LogP contribution in [0.4, 0.5) is 4.39 Å². The first kappa shape index (κ1) is 10.3. The number of rotatable bonds is 2. The van der Waals surface area contributed by atoms with E-state index in [-0.39, 0.29) is 11.3 Å². The summed E-state index contributed by atoms with van der Waals surface area (Å²) < 4.78 is 13.3. The fourth-order valence-electron chi connectivity index (χ4n) is 1.22. The summed E-state index contributed by atoms with van der Waals surface area (Å²) in [5.41, 5.74) is 0.502. The summed E-state index contributed by atoms with van der Waals surface area (Å²) in [6.07, 6.45) is 0. The molecule has 0 aliphatic rings. The minimum atomic E-state index is -0.546. The number of thiophene rings is 1. The van der Waals surface area contributed by atoms with Gasteiger partial charge in [0, 0.05) is 16.0 Å². The van der Waals surface area contributed by atoms with Gasteiger partial charge in [-0.3, -0.25) is 4.79 Å². The van der Waals surface area contributed by atoms with Crippen LogP contribution in [-0.2, 0) is 0 Å². The van der Waals surface area contributed by atoms with E-state index in [2.05, 4.69) is 0 Å². The van der Waals surface area contributed by atoms with Gasteiger partial charge in [0.25, 0.3) is 0 Å². The molecule has 0 spiro atoms. The Bertz CT molecular complexity index is 493. The molecule has 0 atom stereocenters. The Kier molecular flexibility index (Phi) is 2.84. The van der Waals surface area contributed by atoms with Crippen molar-refractivity contribution in [2.45, 2.75) is 0 Å². The Balaban J connectivity index is 2.46. The molecular formula is C11H6ClFOS. The van der Waals surface area contributed by atoms with Crippen molar-refractivity contribution in [1.29, 1.82) is 0 Å². The van der Waals surface area contributed by atoms with Crippen molar-refractivity contribution >= 4 is 28.7 Å². The van der Waals surface area contributed by atoms with Gasteiger partial charge in [-0.2, -0.15) is 11.3 Å². The van der Waals surface area contributed by atoms with Gasteiger partial charge in [0.15, 0.2) is 5.78 Å². The highest BCUT2D eigenvalue weighted by Gasteiger charge is 2.14. The summed E-state index contributed by atoms with van der Waals surface area (Å²) in [7, 11) is 0. The van der Waals surface area contributed by atoms with E-state index in [4.69, 9.17) is 11.6 Å². The first-order chi connectivity index (χ1) is 7.18. The highest BCUT2D eigenvalue weighted by Crippen LogP contribution is 2.19. The molecule has 1 nitrogen and oxygen atoms in total. The van der Waals surface area contributed by atoms with E-state index in [0.29, 0.717) is 10.6 Å². The van der Waals surface area contributed by atoms with Crippen LogP contribution in [-0.4, -0.2) is 5.78 Å².